The number of furan rings is 1. The maximum atomic E-state index is 5.28. The van der Waals surface area contributed by atoms with Crippen LogP contribution in [-0.2, 0) is 6.42 Å². The highest BCUT2D eigenvalue weighted by Gasteiger charge is 2.08. The molecule has 0 amide bonds. The normalized spacial score (nSPS) is 11.7. The molecule has 0 unspecified atom stereocenters. The van der Waals surface area contributed by atoms with E-state index in [1.165, 1.54) is 25.7 Å². The van der Waals surface area contributed by atoms with Crippen LogP contribution in [0.15, 0.2) is 27.8 Å². The molecule has 0 saturated heterocycles. The molecule has 23 heavy (non-hydrogen) atoms. The molecule has 0 fully saturated rings. The maximum Gasteiger partial charge on any atom is 0.216 e. The second-order valence-electron chi connectivity index (χ2n) is 5.32. The predicted molar refractivity (Wildman–Crippen MR) is 91.3 cm³/mol. The van der Waals surface area contributed by atoms with Crippen molar-refractivity contribution in [2.24, 2.45) is 4.99 Å². The molecule has 0 aliphatic heterocycles. The average Bonchev–Trinajstić information content (AvgIpc) is 3.24. The Morgan fingerprint density at radius 2 is 2.13 bits per heavy atom. The van der Waals surface area contributed by atoms with Gasteiger partial charge in [-0.25, -0.2) is 4.98 Å². The quantitative estimate of drug-likeness (QED) is 0.375. The number of rotatable bonds is 9. The van der Waals surface area contributed by atoms with Crippen LogP contribution in [-0.4, -0.2) is 41.3 Å². The number of H-pyrrole nitrogens is 1. The average molecular weight is 318 g/mol. The molecule has 0 bridgehead atoms. The molecular weight excluding hydrogens is 292 g/mol. The molecule has 0 atom stereocenters. The molecule has 126 valence electrons. The van der Waals surface area contributed by atoms with E-state index in [1.54, 1.807) is 13.3 Å². The summed E-state index contributed by atoms with van der Waals surface area (Å²) < 4.78 is 5.28. The van der Waals surface area contributed by atoms with Crippen molar-refractivity contribution in [2.75, 3.05) is 20.1 Å². The molecule has 0 aromatic carbocycles. The summed E-state index contributed by atoms with van der Waals surface area (Å²) in [5.41, 5.74) is 0. The van der Waals surface area contributed by atoms with Gasteiger partial charge in [-0.05, 0) is 18.6 Å². The first-order chi connectivity index (χ1) is 11.3. The molecule has 0 aliphatic carbocycles. The van der Waals surface area contributed by atoms with E-state index < -0.39 is 0 Å². The molecule has 0 aliphatic rings. The zero-order valence-corrected chi connectivity index (χ0v) is 13.9. The molecule has 2 aromatic heterocycles. The zero-order valence-electron chi connectivity index (χ0n) is 13.9. The third-order valence-corrected chi connectivity index (χ3v) is 3.47. The third kappa shape index (κ3) is 5.77. The Morgan fingerprint density at radius 3 is 2.87 bits per heavy atom. The lowest BCUT2D eigenvalue weighted by Crippen LogP contribution is -2.38. The Kier molecular flexibility index (Phi) is 7.16. The van der Waals surface area contributed by atoms with Crippen LogP contribution in [0.25, 0.3) is 11.6 Å². The lowest BCUT2D eigenvalue weighted by atomic mass is 10.2. The summed E-state index contributed by atoms with van der Waals surface area (Å²) in [6.07, 6.45) is 7.33. The second kappa shape index (κ2) is 9.66. The van der Waals surface area contributed by atoms with Crippen molar-refractivity contribution in [1.29, 1.82) is 0 Å². The molecule has 2 rings (SSSR count). The van der Waals surface area contributed by atoms with Crippen LogP contribution in [0.1, 0.15) is 38.4 Å². The number of hydrogen-bond acceptors (Lipinski definition) is 4. The zero-order chi connectivity index (χ0) is 16.3. The molecule has 7 heteroatoms. The Bertz CT molecular complexity index is 575. The van der Waals surface area contributed by atoms with Gasteiger partial charge in [-0.2, -0.15) is 5.10 Å². The number of nitrogens with one attached hydrogen (secondary N) is 3. The molecule has 0 saturated carbocycles. The van der Waals surface area contributed by atoms with Crippen LogP contribution in [0.4, 0.5) is 0 Å². The van der Waals surface area contributed by atoms with Gasteiger partial charge in [0.25, 0.3) is 0 Å². The number of unbranched alkanes of at least 4 members (excludes halogenated alkanes) is 3. The van der Waals surface area contributed by atoms with E-state index in [-0.39, 0.29) is 0 Å². The fourth-order valence-corrected chi connectivity index (χ4v) is 2.20. The number of guanidine groups is 1. The Hall–Kier alpha value is -2.31. The van der Waals surface area contributed by atoms with Crippen LogP contribution >= 0.6 is 0 Å². The van der Waals surface area contributed by atoms with Crippen LogP contribution in [0.3, 0.4) is 0 Å². The standard InChI is InChI=1S/C16H26N6O/c1-3-4-5-6-10-18-16(17-2)19-11-9-14-20-15(22-21-14)13-8-7-12-23-13/h7-8,12H,3-6,9-11H2,1-2H3,(H2,17,18,19)(H,20,21,22). The van der Waals surface area contributed by atoms with Crippen molar-refractivity contribution in [3.63, 3.8) is 0 Å². The highest BCUT2D eigenvalue weighted by molar-refractivity contribution is 5.79. The van der Waals surface area contributed by atoms with Crippen LogP contribution < -0.4 is 10.6 Å². The van der Waals surface area contributed by atoms with Crippen LogP contribution in [0, 0.1) is 0 Å². The molecular formula is C16H26N6O. The van der Waals surface area contributed by atoms with Gasteiger partial charge in [-0.3, -0.25) is 10.1 Å². The number of hydrogen-bond donors (Lipinski definition) is 3. The Morgan fingerprint density at radius 1 is 1.26 bits per heavy atom. The fraction of sp³-hybridized carbons (Fsp3) is 0.562. The number of aliphatic imine (C=N–C) groups is 1. The van der Waals surface area contributed by atoms with E-state index in [0.29, 0.717) is 11.6 Å². The first-order valence-electron chi connectivity index (χ1n) is 8.23. The topological polar surface area (TPSA) is 91.1 Å². The fourth-order valence-electron chi connectivity index (χ4n) is 2.20. The van der Waals surface area contributed by atoms with Gasteiger partial charge in [-0.15, -0.1) is 0 Å². The summed E-state index contributed by atoms with van der Waals surface area (Å²) in [4.78, 5) is 8.63. The van der Waals surface area contributed by atoms with Gasteiger partial charge in [0.05, 0.1) is 6.26 Å². The molecule has 0 radical (unpaired) electrons. The Balaban J connectivity index is 1.67. The van der Waals surface area contributed by atoms with E-state index in [0.717, 1.165) is 31.3 Å². The minimum absolute atomic E-state index is 0.587. The molecule has 3 N–H and O–H groups in total. The van der Waals surface area contributed by atoms with Crippen LogP contribution in [0.5, 0.6) is 0 Å². The van der Waals surface area contributed by atoms with E-state index in [1.807, 2.05) is 12.1 Å². The van der Waals surface area contributed by atoms with Gasteiger partial charge in [-0.1, -0.05) is 26.2 Å². The largest absolute Gasteiger partial charge is 0.461 e. The van der Waals surface area contributed by atoms with Crippen molar-refractivity contribution >= 4 is 5.96 Å². The predicted octanol–water partition coefficient (Wildman–Crippen LogP) is 2.35. The Labute approximate surface area is 137 Å². The van der Waals surface area contributed by atoms with Crippen LogP contribution in [0.2, 0.25) is 0 Å². The summed E-state index contributed by atoms with van der Waals surface area (Å²) in [6, 6.07) is 3.67. The lowest BCUT2D eigenvalue weighted by molar-refractivity contribution is 0.577. The van der Waals surface area contributed by atoms with Crippen molar-refractivity contribution < 1.29 is 4.42 Å². The van der Waals surface area contributed by atoms with Gasteiger partial charge >= 0.3 is 0 Å². The van der Waals surface area contributed by atoms with Crippen molar-refractivity contribution in [1.82, 2.24) is 25.8 Å². The van der Waals surface area contributed by atoms with Crippen molar-refractivity contribution in [3.05, 3.63) is 24.2 Å². The molecule has 7 nitrogen and oxygen atoms in total. The molecule has 2 heterocycles. The maximum absolute atomic E-state index is 5.28. The second-order valence-corrected chi connectivity index (χ2v) is 5.32. The van der Waals surface area contributed by atoms with Gasteiger partial charge < -0.3 is 15.1 Å². The smallest absolute Gasteiger partial charge is 0.216 e. The SMILES string of the molecule is CCCCCCNC(=NC)NCCc1nc(-c2ccco2)n[nH]1. The summed E-state index contributed by atoms with van der Waals surface area (Å²) in [7, 11) is 1.78. The van der Waals surface area contributed by atoms with Gasteiger partial charge in [0.15, 0.2) is 11.7 Å². The van der Waals surface area contributed by atoms with E-state index >= 15 is 0 Å². The number of aromatic nitrogens is 3. The van der Waals surface area contributed by atoms with Gasteiger partial charge in [0, 0.05) is 26.6 Å². The highest BCUT2D eigenvalue weighted by Crippen LogP contribution is 2.14. The summed E-state index contributed by atoms with van der Waals surface area (Å²) >= 11 is 0. The number of nitrogens with zero attached hydrogens (tertiary/aromatic N) is 3. The van der Waals surface area contributed by atoms with E-state index in [4.69, 9.17) is 4.42 Å². The number of aromatic amines is 1. The minimum atomic E-state index is 0.587. The lowest BCUT2D eigenvalue weighted by Gasteiger charge is -2.10. The summed E-state index contributed by atoms with van der Waals surface area (Å²) in [6.45, 7) is 3.90. The summed E-state index contributed by atoms with van der Waals surface area (Å²) in [5.74, 6) is 2.91. The molecule has 0 spiro atoms. The van der Waals surface area contributed by atoms with E-state index in [2.05, 4.69) is 37.7 Å². The first-order valence-corrected chi connectivity index (χ1v) is 8.23. The monoisotopic (exact) mass is 318 g/mol. The van der Waals surface area contributed by atoms with Crippen molar-refractivity contribution in [3.8, 4) is 11.6 Å². The third-order valence-electron chi connectivity index (χ3n) is 3.47. The summed E-state index contributed by atoms with van der Waals surface area (Å²) in [5, 5.41) is 13.7. The molecule has 2 aromatic rings. The highest BCUT2D eigenvalue weighted by atomic mass is 16.3. The van der Waals surface area contributed by atoms with Gasteiger partial charge in [0.2, 0.25) is 5.82 Å². The van der Waals surface area contributed by atoms with E-state index in [9.17, 15) is 0 Å². The van der Waals surface area contributed by atoms with Gasteiger partial charge in [0.1, 0.15) is 5.82 Å². The first kappa shape index (κ1) is 17.1. The van der Waals surface area contributed by atoms with Crippen molar-refractivity contribution in [2.45, 2.75) is 39.0 Å². The minimum Gasteiger partial charge on any atom is -0.461 e.